The van der Waals surface area contributed by atoms with Crippen LogP contribution in [0.5, 0.6) is 0 Å². The quantitative estimate of drug-likeness (QED) is 0.413. The fraction of sp³-hybridized carbons (Fsp3) is 0.318. The number of hydrogen-bond donors (Lipinski definition) is 0. The number of carbonyl (C=O) groups is 1. The van der Waals surface area contributed by atoms with E-state index in [1.165, 1.54) is 13.2 Å². The standard InChI is InChI=1S/C22H23FN4O2S/c1-25(13-15-7-9-16(10-8-15)21(28)29-2)14-26-22(30)27(17-11-12-17)20(24-26)18-5-3-4-6-19(18)23/h3-10,17H,11-14H2,1-2H3. The van der Waals surface area contributed by atoms with Crippen LogP contribution in [-0.4, -0.2) is 39.4 Å². The van der Waals surface area contributed by atoms with E-state index in [1.54, 1.807) is 28.9 Å². The highest BCUT2D eigenvalue weighted by Gasteiger charge is 2.30. The van der Waals surface area contributed by atoms with Gasteiger partial charge >= 0.3 is 5.97 Å². The van der Waals surface area contributed by atoms with Crippen LogP contribution in [0.25, 0.3) is 11.4 Å². The fourth-order valence-corrected chi connectivity index (χ4v) is 3.79. The first-order chi connectivity index (χ1) is 14.5. The van der Waals surface area contributed by atoms with Gasteiger partial charge in [-0.15, -0.1) is 0 Å². The maximum Gasteiger partial charge on any atom is 0.337 e. The van der Waals surface area contributed by atoms with Gasteiger partial charge in [0.2, 0.25) is 0 Å². The van der Waals surface area contributed by atoms with Gasteiger partial charge in [0.15, 0.2) is 10.6 Å². The average molecular weight is 427 g/mol. The molecule has 6 nitrogen and oxygen atoms in total. The molecule has 1 aliphatic rings. The van der Waals surface area contributed by atoms with Crippen molar-refractivity contribution in [1.29, 1.82) is 0 Å². The molecule has 1 fully saturated rings. The second-order valence-corrected chi connectivity index (χ2v) is 7.90. The molecular weight excluding hydrogens is 403 g/mol. The zero-order chi connectivity index (χ0) is 21.3. The lowest BCUT2D eigenvalue weighted by atomic mass is 10.1. The summed E-state index contributed by atoms with van der Waals surface area (Å²) in [6, 6.07) is 14.2. The van der Waals surface area contributed by atoms with E-state index in [0.717, 1.165) is 18.4 Å². The van der Waals surface area contributed by atoms with Crippen molar-refractivity contribution in [3.8, 4) is 11.4 Å². The van der Waals surface area contributed by atoms with Gasteiger partial charge in [0, 0.05) is 12.6 Å². The summed E-state index contributed by atoms with van der Waals surface area (Å²) in [6.45, 7) is 1.12. The van der Waals surface area contributed by atoms with Crippen LogP contribution in [0.2, 0.25) is 0 Å². The highest BCUT2D eigenvalue weighted by Crippen LogP contribution is 2.39. The molecule has 1 aromatic heterocycles. The molecule has 0 amide bonds. The molecule has 0 saturated heterocycles. The molecule has 1 heterocycles. The summed E-state index contributed by atoms with van der Waals surface area (Å²) in [5.74, 6) is -0.0745. The predicted molar refractivity (Wildman–Crippen MR) is 114 cm³/mol. The molecule has 2 aromatic carbocycles. The summed E-state index contributed by atoms with van der Waals surface area (Å²) in [5, 5.41) is 4.66. The van der Waals surface area contributed by atoms with Crippen molar-refractivity contribution in [2.24, 2.45) is 0 Å². The van der Waals surface area contributed by atoms with Gasteiger partial charge in [0.1, 0.15) is 5.82 Å². The zero-order valence-corrected chi connectivity index (χ0v) is 17.7. The van der Waals surface area contributed by atoms with Crippen LogP contribution in [0.3, 0.4) is 0 Å². The number of hydrogen-bond acceptors (Lipinski definition) is 5. The van der Waals surface area contributed by atoms with E-state index in [9.17, 15) is 9.18 Å². The van der Waals surface area contributed by atoms with E-state index < -0.39 is 0 Å². The number of carbonyl (C=O) groups excluding carboxylic acids is 1. The van der Waals surface area contributed by atoms with Crippen LogP contribution >= 0.6 is 12.2 Å². The molecule has 0 bridgehead atoms. The smallest absolute Gasteiger partial charge is 0.337 e. The molecule has 0 radical (unpaired) electrons. The number of benzene rings is 2. The van der Waals surface area contributed by atoms with Gasteiger partial charge in [-0.25, -0.2) is 13.9 Å². The molecule has 3 aromatic rings. The third kappa shape index (κ3) is 4.20. The highest BCUT2D eigenvalue weighted by atomic mass is 32.1. The zero-order valence-electron chi connectivity index (χ0n) is 16.9. The van der Waals surface area contributed by atoms with Crippen molar-refractivity contribution in [2.45, 2.75) is 32.1 Å². The molecule has 0 N–H and O–H groups in total. The van der Waals surface area contributed by atoms with Crippen molar-refractivity contribution < 1.29 is 13.9 Å². The summed E-state index contributed by atoms with van der Waals surface area (Å²) in [4.78, 5) is 13.6. The third-order valence-electron chi connectivity index (χ3n) is 5.10. The highest BCUT2D eigenvalue weighted by molar-refractivity contribution is 7.71. The Morgan fingerprint density at radius 1 is 1.23 bits per heavy atom. The third-order valence-corrected chi connectivity index (χ3v) is 5.51. The number of halogens is 1. The Hall–Kier alpha value is -2.84. The molecule has 0 spiro atoms. The maximum absolute atomic E-state index is 14.4. The van der Waals surface area contributed by atoms with E-state index in [1.807, 2.05) is 29.8 Å². The number of esters is 1. The molecule has 156 valence electrons. The lowest BCUT2D eigenvalue weighted by Gasteiger charge is -2.16. The number of ether oxygens (including phenoxy) is 1. The van der Waals surface area contributed by atoms with E-state index in [4.69, 9.17) is 17.0 Å². The van der Waals surface area contributed by atoms with E-state index in [-0.39, 0.29) is 17.8 Å². The Morgan fingerprint density at radius 2 is 1.93 bits per heavy atom. The first-order valence-corrected chi connectivity index (χ1v) is 10.2. The minimum atomic E-state index is -0.354. The van der Waals surface area contributed by atoms with Crippen LogP contribution in [0.4, 0.5) is 4.39 Å². The summed E-state index contributed by atoms with van der Waals surface area (Å²) >= 11 is 5.68. The summed E-state index contributed by atoms with van der Waals surface area (Å²) in [6.07, 6.45) is 2.06. The lowest BCUT2D eigenvalue weighted by molar-refractivity contribution is 0.0600. The lowest BCUT2D eigenvalue weighted by Crippen LogP contribution is -2.22. The van der Waals surface area contributed by atoms with Gasteiger partial charge in [-0.1, -0.05) is 24.3 Å². The molecule has 1 saturated carbocycles. The Morgan fingerprint density at radius 3 is 2.57 bits per heavy atom. The van der Waals surface area contributed by atoms with Crippen molar-refractivity contribution in [3.63, 3.8) is 0 Å². The van der Waals surface area contributed by atoms with Gasteiger partial charge in [-0.2, -0.15) is 5.10 Å². The SMILES string of the molecule is COC(=O)c1ccc(CN(C)Cn2nc(-c3ccccc3F)n(C3CC3)c2=S)cc1. The first-order valence-electron chi connectivity index (χ1n) is 9.78. The molecule has 1 aliphatic carbocycles. The number of methoxy groups -OCH3 is 1. The maximum atomic E-state index is 14.4. The van der Waals surface area contributed by atoms with E-state index in [0.29, 0.717) is 34.9 Å². The summed E-state index contributed by atoms with van der Waals surface area (Å²) in [7, 11) is 3.33. The second-order valence-electron chi connectivity index (χ2n) is 7.53. The van der Waals surface area contributed by atoms with Crippen molar-refractivity contribution in [2.75, 3.05) is 14.2 Å². The molecule has 4 rings (SSSR count). The summed E-state index contributed by atoms with van der Waals surface area (Å²) in [5.41, 5.74) is 2.03. The van der Waals surface area contributed by atoms with Gasteiger partial charge in [-0.05, 0) is 61.9 Å². The Balaban J connectivity index is 1.55. The van der Waals surface area contributed by atoms with E-state index >= 15 is 0 Å². The Labute approximate surface area is 179 Å². The van der Waals surface area contributed by atoms with Gasteiger partial charge in [0.25, 0.3) is 0 Å². The minimum absolute atomic E-state index is 0.289. The van der Waals surface area contributed by atoms with Crippen molar-refractivity contribution in [3.05, 3.63) is 70.2 Å². The van der Waals surface area contributed by atoms with Crippen LogP contribution < -0.4 is 0 Å². The fourth-order valence-electron chi connectivity index (χ4n) is 3.45. The molecule has 0 unspecified atom stereocenters. The van der Waals surface area contributed by atoms with Gasteiger partial charge in [-0.3, -0.25) is 9.47 Å². The minimum Gasteiger partial charge on any atom is -0.465 e. The molecule has 8 heteroatoms. The van der Waals surface area contributed by atoms with Crippen LogP contribution in [0.1, 0.15) is 34.8 Å². The monoisotopic (exact) mass is 426 g/mol. The van der Waals surface area contributed by atoms with Crippen molar-refractivity contribution in [1.82, 2.24) is 19.2 Å². The van der Waals surface area contributed by atoms with Crippen LogP contribution in [0, 0.1) is 10.6 Å². The molecular formula is C22H23FN4O2S. The summed E-state index contributed by atoms with van der Waals surface area (Å²) < 4.78 is 23.5. The molecule has 0 atom stereocenters. The molecule has 0 aliphatic heterocycles. The Bertz CT molecular complexity index is 1120. The predicted octanol–water partition coefficient (Wildman–Crippen LogP) is 4.43. The number of rotatable bonds is 7. The average Bonchev–Trinajstić information content (AvgIpc) is 3.53. The number of nitrogens with zero attached hydrogens (tertiary/aromatic N) is 4. The van der Waals surface area contributed by atoms with Gasteiger partial charge < -0.3 is 4.74 Å². The van der Waals surface area contributed by atoms with Crippen LogP contribution in [0.15, 0.2) is 48.5 Å². The van der Waals surface area contributed by atoms with E-state index in [2.05, 4.69) is 10.00 Å². The van der Waals surface area contributed by atoms with Gasteiger partial charge in [0.05, 0.1) is 24.9 Å². The second kappa shape index (κ2) is 8.49. The number of aromatic nitrogens is 3. The molecule has 30 heavy (non-hydrogen) atoms. The normalized spacial score (nSPS) is 13.6. The van der Waals surface area contributed by atoms with Crippen LogP contribution in [-0.2, 0) is 18.0 Å². The largest absolute Gasteiger partial charge is 0.465 e. The topological polar surface area (TPSA) is 52.3 Å². The van der Waals surface area contributed by atoms with Crippen molar-refractivity contribution >= 4 is 18.2 Å². The first kappa shape index (κ1) is 20.4. The Kier molecular flexibility index (Phi) is 5.78.